The highest BCUT2D eigenvalue weighted by molar-refractivity contribution is 5.97. The Balaban J connectivity index is 1.85. The Morgan fingerprint density at radius 3 is 2.50 bits per heavy atom. The first-order chi connectivity index (χ1) is 13.6. The molecule has 7 heteroatoms. The SMILES string of the molecule is CN1CCN(c2c(F)cc3c(Nc4ccccc4)c(C#N)cnc3c2F)CC1. The van der Waals surface area contributed by atoms with Crippen LogP contribution in [0.5, 0.6) is 0 Å². The number of benzene rings is 2. The summed E-state index contributed by atoms with van der Waals surface area (Å²) in [6, 6.07) is 12.5. The van der Waals surface area contributed by atoms with Crippen LogP contribution in [0, 0.1) is 23.0 Å². The fourth-order valence-electron chi connectivity index (χ4n) is 3.46. The molecule has 0 saturated carbocycles. The maximum Gasteiger partial charge on any atom is 0.175 e. The number of para-hydroxylation sites is 1. The van der Waals surface area contributed by atoms with Gasteiger partial charge in [-0.2, -0.15) is 5.26 Å². The first-order valence-electron chi connectivity index (χ1n) is 9.05. The van der Waals surface area contributed by atoms with Crippen molar-refractivity contribution in [3.05, 3.63) is 59.8 Å². The van der Waals surface area contributed by atoms with Crippen molar-refractivity contribution >= 4 is 28.0 Å². The number of fused-ring (bicyclic) bond motifs is 1. The Hall–Kier alpha value is -3.24. The van der Waals surface area contributed by atoms with Gasteiger partial charge >= 0.3 is 0 Å². The number of nitriles is 1. The van der Waals surface area contributed by atoms with E-state index in [2.05, 4.69) is 15.2 Å². The van der Waals surface area contributed by atoms with Crippen molar-refractivity contribution in [2.75, 3.05) is 43.4 Å². The average molecular weight is 379 g/mol. The lowest BCUT2D eigenvalue weighted by Gasteiger charge is -2.34. The number of likely N-dealkylation sites (N-methyl/N-ethyl adjacent to an activating group) is 1. The van der Waals surface area contributed by atoms with E-state index < -0.39 is 11.6 Å². The summed E-state index contributed by atoms with van der Waals surface area (Å²) >= 11 is 0. The number of piperazine rings is 1. The summed E-state index contributed by atoms with van der Waals surface area (Å²) in [5, 5.41) is 12.8. The number of nitrogens with zero attached hydrogens (tertiary/aromatic N) is 4. The number of rotatable bonds is 3. The quantitative estimate of drug-likeness (QED) is 0.749. The van der Waals surface area contributed by atoms with E-state index in [-0.39, 0.29) is 22.2 Å². The third-order valence-corrected chi connectivity index (χ3v) is 5.01. The molecule has 1 aliphatic rings. The van der Waals surface area contributed by atoms with Crippen LogP contribution in [0.25, 0.3) is 10.9 Å². The van der Waals surface area contributed by atoms with Gasteiger partial charge in [-0.1, -0.05) is 18.2 Å². The van der Waals surface area contributed by atoms with E-state index in [0.717, 1.165) is 18.8 Å². The monoisotopic (exact) mass is 379 g/mol. The molecule has 0 amide bonds. The minimum absolute atomic E-state index is 0.0489. The van der Waals surface area contributed by atoms with E-state index in [1.54, 1.807) is 4.90 Å². The highest BCUT2D eigenvalue weighted by Gasteiger charge is 2.25. The summed E-state index contributed by atoms with van der Waals surface area (Å²) < 4.78 is 30.3. The molecule has 1 aliphatic heterocycles. The summed E-state index contributed by atoms with van der Waals surface area (Å²) in [7, 11) is 1.98. The zero-order valence-electron chi connectivity index (χ0n) is 15.4. The van der Waals surface area contributed by atoms with Crippen molar-refractivity contribution in [3.63, 3.8) is 0 Å². The Morgan fingerprint density at radius 2 is 1.82 bits per heavy atom. The number of aromatic nitrogens is 1. The Bertz CT molecular complexity index is 1050. The number of hydrogen-bond acceptors (Lipinski definition) is 5. The summed E-state index contributed by atoms with van der Waals surface area (Å²) in [4.78, 5) is 7.96. The van der Waals surface area contributed by atoms with Crippen LogP contribution in [-0.4, -0.2) is 43.1 Å². The second-order valence-electron chi connectivity index (χ2n) is 6.86. The first kappa shape index (κ1) is 18.1. The van der Waals surface area contributed by atoms with Crippen LogP contribution in [-0.2, 0) is 0 Å². The van der Waals surface area contributed by atoms with Crippen molar-refractivity contribution in [2.45, 2.75) is 0 Å². The van der Waals surface area contributed by atoms with Crippen molar-refractivity contribution in [1.29, 1.82) is 5.26 Å². The molecule has 2 heterocycles. The fraction of sp³-hybridized carbons (Fsp3) is 0.238. The van der Waals surface area contributed by atoms with Crippen LogP contribution >= 0.6 is 0 Å². The first-order valence-corrected chi connectivity index (χ1v) is 9.05. The van der Waals surface area contributed by atoms with Gasteiger partial charge in [-0.15, -0.1) is 0 Å². The van der Waals surface area contributed by atoms with Crippen molar-refractivity contribution < 1.29 is 8.78 Å². The summed E-state index contributed by atoms with van der Waals surface area (Å²) in [6.07, 6.45) is 1.32. The Morgan fingerprint density at radius 1 is 1.11 bits per heavy atom. The third kappa shape index (κ3) is 3.23. The highest BCUT2D eigenvalue weighted by Crippen LogP contribution is 2.36. The molecule has 0 bridgehead atoms. The number of anilines is 3. The minimum Gasteiger partial charge on any atom is -0.364 e. The lowest BCUT2D eigenvalue weighted by atomic mass is 10.1. The molecular formula is C21H19F2N5. The highest BCUT2D eigenvalue weighted by atomic mass is 19.1. The molecule has 5 nitrogen and oxygen atoms in total. The molecular weight excluding hydrogens is 360 g/mol. The van der Waals surface area contributed by atoms with Gasteiger partial charge in [-0.25, -0.2) is 8.78 Å². The topological polar surface area (TPSA) is 55.2 Å². The predicted octanol–water partition coefficient (Wildman–Crippen LogP) is 3.88. The van der Waals surface area contributed by atoms with Gasteiger partial charge in [0.2, 0.25) is 0 Å². The largest absolute Gasteiger partial charge is 0.364 e. The van der Waals surface area contributed by atoms with Crippen LogP contribution < -0.4 is 10.2 Å². The molecule has 0 atom stereocenters. The lowest BCUT2D eigenvalue weighted by Crippen LogP contribution is -2.45. The van der Waals surface area contributed by atoms with Gasteiger partial charge < -0.3 is 15.1 Å². The number of halogens is 2. The smallest absolute Gasteiger partial charge is 0.175 e. The van der Waals surface area contributed by atoms with Gasteiger partial charge in [-0.3, -0.25) is 4.98 Å². The van der Waals surface area contributed by atoms with Crippen LogP contribution in [0.1, 0.15) is 5.56 Å². The Kier molecular flexibility index (Phi) is 4.80. The van der Waals surface area contributed by atoms with Gasteiger partial charge in [0.15, 0.2) is 5.82 Å². The second-order valence-corrected chi connectivity index (χ2v) is 6.86. The van der Waals surface area contributed by atoms with Gasteiger partial charge in [0, 0.05) is 43.4 Å². The molecule has 0 radical (unpaired) electrons. The molecule has 1 saturated heterocycles. The lowest BCUT2D eigenvalue weighted by molar-refractivity contribution is 0.310. The van der Waals surface area contributed by atoms with Crippen LogP contribution in [0.15, 0.2) is 42.6 Å². The van der Waals surface area contributed by atoms with E-state index in [0.29, 0.717) is 18.8 Å². The second kappa shape index (κ2) is 7.41. The standard InChI is InChI=1S/C21H19F2N5/c1-27-7-9-28(10-8-27)21-17(22)11-16-19(26-15-5-3-2-4-6-15)14(12-24)13-25-20(16)18(21)23/h2-6,11,13H,7-10H2,1H3,(H,25,26). The van der Waals surface area contributed by atoms with E-state index in [4.69, 9.17) is 0 Å². The van der Waals surface area contributed by atoms with E-state index in [9.17, 15) is 9.65 Å². The molecule has 0 unspecified atom stereocenters. The Labute approximate surface area is 161 Å². The summed E-state index contributed by atoms with van der Waals surface area (Å²) in [5.41, 5.74) is 1.29. The minimum atomic E-state index is -0.694. The molecule has 1 aromatic heterocycles. The molecule has 3 aromatic rings. The molecule has 1 fully saturated rings. The summed E-state index contributed by atoms with van der Waals surface area (Å²) in [6.45, 7) is 2.56. The molecule has 4 rings (SSSR count). The number of nitrogens with one attached hydrogen (secondary N) is 1. The normalized spacial score (nSPS) is 14.9. The average Bonchev–Trinajstić information content (AvgIpc) is 2.71. The van der Waals surface area contributed by atoms with Crippen LogP contribution in [0.3, 0.4) is 0 Å². The third-order valence-electron chi connectivity index (χ3n) is 5.01. The molecule has 142 valence electrons. The molecule has 1 N–H and O–H groups in total. The summed E-state index contributed by atoms with van der Waals surface area (Å²) in [5.74, 6) is -1.34. The van der Waals surface area contributed by atoms with Gasteiger partial charge in [-0.05, 0) is 25.2 Å². The zero-order valence-corrected chi connectivity index (χ0v) is 15.4. The predicted molar refractivity (Wildman–Crippen MR) is 106 cm³/mol. The molecule has 0 aliphatic carbocycles. The van der Waals surface area contributed by atoms with Crippen molar-refractivity contribution in [3.8, 4) is 6.07 Å². The molecule has 2 aromatic carbocycles. The van der Waals surface area contributed by atoms with Gasteiger partial charge in [0.1, 0.15) is 23.1 Å². The van der Waals surface area contributed by atoms with E-state index >= 15 is 4.39 Å². The van der Waals surface area contributed by atoms with Gasteiger partial charge in [0.25, 0.3) is 0 Å². The molecule has 0 spiro atoms. The maximum absolute atomic E-state index is 15.3. The van der Waals surface area contributed by atoms with Crippen LogP contribution in [0.2, 0.25) is 0 Å². The number of pyridine rings is 1. The zero-order chi connectivity index (χ0) is 19.7. The fourth-order valence-corrected chi connectivity index (χ4v) is 3.46. The van der Waals surface area contributed by atoms with Crippen molar-refractivity contribution in [1.82, 2.24) is 9.88 Å². The maximum atomic E-state index is 15.3. The van der Waals surface area contributed by atoms with Crippen LogP contribution in [0.4, 0.5) is 25.8 Å². The molecule has 28 heavy (non-hydrogen) atoms. The van der Waals surface area contributed by atoms with Crippen molar-refractivity contribution in [2.24, 2.45) is 0 Å². The number of hydrogen-bond donors (Lipinski definition) is 1. The van der Waals surface area contributed by atoms with E-state index in [1.165, 1.54) is 12.3 Å². The van der Waals surface area contributed by atoms with E-state index in [1.807, 2.05) is 43.4 Å². The van der Waals surface area contributed by atoms with Gasteiger partial charge in [0.05, 0.1) is 11.3 Å².